The molecule has 0 spiro atoms. The third-order valence-electron chi connectivity index (χ3n) is 8.15. The number of aryl methyl sites for hydroxylation is 2. The highest BCUT2D eigenvalue weighted by molar-refractivity contribution is 5.93. The number of hydrogen-bond donors (Lipinski definition) is 2. The van der Waals surface area contributed by atoms with Gasteiger partial charge in [-0.15, -0.1) is 0 Å². The molecule has 1 aliphatic carbocycles. The van der Waals surface area contributed by atoms with E-state index in [-0.39, 0.29) is 36.1 Å². The highest BCUT2D eigenvalue weighted by atomic mass is 19.1. The fourth-order valence-electron chi connectivity index (χ4n) is 6.25. The third kappa shape index (κ3) is 4.32. The van der Waals surface area contributed by atoms with Gasteiger partial charge in [0, 0.05) is 28.8 Å². The predicted octanol–water partition coefficient (Wildman–Crippen LogP) is 4.29. The predicted molar refractivity (Wildman–Crippen MR) is 149 cm³/mol. The number of aromatic nitrogens is 2. The number of benzene rings is 1. The van der Waals surface area contributed by atoms with Crippen molar-refractivity contribution in [2.45, 2.75) is 84.2 Å². The minimum atomic E-state index is -1.91. The second-order valence-corrected chi connectivity index (χ2v) is 11.8. The number of rotatable bonds is 4. The van der Waals surface area contributed by atoms with E-state index in [9.17, 15) is 19.5 Å². The van der Waals surface area contributed by atoms with E-state index in [0.29, 0.717) is 35.4 Å². The van der Waals surface area contributed by atoms with E-state index in [1.54, 1.807) is 44.4 Å². The normalized spacial score (nSPS) is 19.1. The van der Waals surface area contributed by atoms with Crippen molar-refractivity contribution in [3.8, 4) is 11.4 Å². The summed E-state index contributed by atoms with van der Waals surface area (Å²) in [7, 11) is 0. The Morgan fingerprint density at radius 2 is 1.98 bits per heavy atom. The van der Waals surface area contributed by atoms with Gasteiger partial charge in [-0.25, -0.2) is 19.0 Å². The number of carbonyl (C=O) groups excluding carboxylic acids is 2. The fraction of sp³-hybridized carbons (Fsp3) is 0.419. The maximum absolute atomic E-state index is 15.5. The molecule has 9 nitrogen and oxygen atoms in total. The second kappa shape index (κ2) is 9.51. The Labute approximate surface area is 236 Å². The molecule has 3 aliphatic rings. The van der Waals surface area contributed by atoms with Gasteiger partial charge in [-0.1, -0.05) is 13.0 Å². The van der Waals surface area contributed by atoms with Crippen molar-refractivity contribution in [1.82, 2.24) is 14.9 Å². The molecule has 1 amide bonds. The summed E-state index contributed by atoms with van der Waals surface area (Å²) >= 11 is 0. The van der Waals surface area contributed by atoms with Gasteiger partial charge in [-0.3, -0.25) is 10.1 Å². The van der Waals surface area contributed by atoms with Gasteiger partial charge in [0.25, 0.3) is 5.56 Å². The molecule has 4 heterocycles. The first kappa shape index (κ1) is 27.1. The number of nitrogens with zero attached hydrogens (tertiary/aromatic N) is 2. The zero-order valence-corrected chi connectivity index (χ0v) is 23.5. The van der Waals surface area contributed by atoms with Crippen molar-refractivity contribution in [2.24, 2.45) is 0 Å². The minimum absolute atomic E-state index is 0.0596. The molecule has 3 aromatic rings. The number of carbonyl (C=O) groups is 2. The van der Waals surface area contributed by atoms with Crippen molar-refractivity contribution in [3.63, 3.8) is 0 Å². The number of hydrogen-bond acceptors (Lipinski definition) is 7. The number of alkyl carbamates (subject to hydrolysis) is 1. The molecule has 214 valence electrons. The SMILES string of the molecule is CCC1(O)C(=O)OCc2c1cc1n(c2=O)Cc2c-1nc1cc(F)c(CC=CNC(=O)OC(C)(C)C)c3c1c2CCC3. The Kier molecular flexibility index (Phi) is 6.29. The van der Waals surface area contributed by atoms with Crippen LogP contribution >= 0.6 is 0 Å². The monoisotopic (exact) mass is 561 g/mol. The lowest BCUT2D eigenvalue weighted by atomic mass is 9.83. The molecule has 10 heteroatoms. The summed E-state index contributed by atoms with van der Waals surface area (Å²) in [5, 5.41) is 14.6. The Morgan fingerprint density at radius 3 is 2.71 bits per heavy atom. The Morgan fingerprint density at radius 1 is 1.22 bits per heavy atom. The van der Waals surface area contributed by atoms with Crippen LogP contribution in [0.5, 0.6) is 0 Å². The zero-order valence-electron chi connectivity index (χ0n) is 23.5. The maximum atomic E-state index is 15.5. The quantitative estimate of drug-likeness (QED) is 0.357. The van der Waals surface area contributed by atoms with E-state index in [0.717, 1.165) is 34.9 Å². The molecule has 0 saturated heterocycles. The number of fused-ring (bicyclic) bond motifs is 5. The molecule has 0 bridgehead atoms. The first-order valence-electron chi connectivity index (χ1n) is 13.9. The van der Waals surface area contributed by atoms with Crippen molar-refractivity contribution < 1.29 is 28.6 Å². The average Bonchev–Trinajstić information content (AvgIpc) is 3.28. The molecule has 2 aliphatic heterocycles. The van der Waals surface area contributed by atoms with Gasteiger partial charge in [-0.2, -0.15) is 0 Å². The summed E-state index contributed by atoms with van der Waals surface area (Å²) in [5.41, 5.74) is 2.66. The number of esters is 1. The largest absolute Gasteiger partial charge is 0.458 e. The lowest BCUT2D eigenvalue weighted by molar-refractivity contribution is -0.172. The highest BCUT2D eigenvalue weighted by Crippen LogP contribution is 2.43. The molecule has 1 unspecified atom stereocenters. The smallest absolute Gasteiger partial charge is 0.411 e. The van der Waals surface area contributed by atoms with E-state index < -0.39 is 29.1 Å². The van der Waals surface area contributed by atoms with Crippen LogP contribution in [0.4, 0.5) is 9.18 Å². The number of amides is 1. The van der Waals surface area contributed by atoms with E-state index >= 15 is 4.39 Å². The van der Waals surface area contributed by atoms with Gasteiger partial charge in [0.15, 0.2) is 5.60 Å². The van der Waals surface area contributed by atoms with Crippen molar-refractivity contribution in [1.29, 1.82) is 0 Å². The summed E-state index contributed by atoms with van der Waals surface area (Å²) in [6.45, 7) is 7.10. The van der Waals surface area contributed by atoms with Crippen molar-refractivity contribution in [2.75, 3.05) is 0 Å². The molecule has 2 N–H and O–H groups in total. The number of allylic oxidation sites excluding steroid dienone is 1. The molecule has 1 atom stereocenters. The summed E-state index contributed by atoms with van der Waals surface area (Å²) in [5.74, 6) is -1.16. The van der Waals surface area contributed by atoms with Crippen LogP contribution < -0.4 is 10.9 Å². The fourth-order valence-corrected chi connectivity index (χ4v) is 6.25. The van der Waals surface area contributed by atoms with Gasteiger partial charge in [0.05, 0.1) is 29.0 Å². The van der Waals surface area contributed by atoms with Crippen molar-refractivity contribution >= 4 is 23.0 Å². The lowest BCUT2D eigenvalue weighted by Gasteiger charge is -2.31. The number of aliphatic hydroxyl groups is 1. The van der Waals surface area contributed by atoms with Gasteiger partial charge >= 0.3 is 12.1 Å². The first-order valence-corrected chi connectivity index (χ1v) is 13.9. The molecule has 0 radical (unpaired) electrons. The Bertz CT molecular complexity index is 1740. The van der Waals surface area contributed by atoms with Crippen LogP contribution in [0, 0.1) is 5.82 Å². The van der Waals surface area contributed by atoms with Gasteiger partial charge in [0.2, 0.25) is 0 Å². The molecule has 1 aromatic carbocycles. The molecule has 6 rings (SSSR count). The van der Waals surface area contributed by atoms with Crippen molar-refractivity contribution in [3.05, 3.63) is 74.0 Å². The third-order valence-corrected chi connectivity index (χ3v) is 8.15. The number of halogens is 1. The highest BCUT2D eigenvalue weighted by Gasteiger charge is 2.45. The van der Waals surface area contributed by atoms with Gasteiger partial charge < -0.3 is 19.1 Å². The molecule has 0 saturated carbocycles. The van der Waals surface area contributed by atoms with Crippen LogP contribution in [0.3, 0.4) is 0 Å². The lowest BCUT2D eigenvalue weighted by Crippen LogP contribution is -2.44. The number of nitrogens with one attached hydrogen (secondary N) is 1. The standard InChI is InChI=1S/C31H32FN3O6/c1-5-31(39)21-12-24-26-19(14-35(24)27(36)20(21)15-40-28(31)37)18-9-6-8-17-16(22(32)13-23(34-26)25(17)18)10-7-11-33-29(38)41-30(2,3)4/h7,11-13,39H,5-6,8-10,14-15H2,1-4H3,(H,33,38). The Hall–Kier alpha value is -4.05. The van der Waals surface area contributed by atoms with E-state index in [2.05, 4.69) is 5.32 Å². The van der Waals surface area contributed by atoms with Crippen LogP contribution in [-0.2, 0) is 52.3 Å². The molecule has 2 aromatic heterocycles. The topological polar surface area (TPSA) is 120 Å². The number of ether oxygens (including phenoxy) is 2. The minimum Gasteiger partial charge on any atom is -0.458 e. The molecule has 41 heavy (non-hydrogen) atoms. The molecular formula is C31H32FN3O6. The van der Waals surface area contributed by atoms with Crippen LogP contribution in [0.15, 0.2) is 29.2 Å². The summed E-state index contributed by atoms with van der Waals surface area (Å²) in [6, 6.07) is 3.10. The number of pyridine rings is 2. The van der Waals surface area contributed by atoms with E-state index in [1.807, 2.05) is 0 Å². The van der Waals surface area contributed by atoms with Gasteiger partial charge in [-0.05, 0) is 75.6 Å². The van der Waals surface area contributed by atoms with Gasteiger partial charge in [0.1, 0.15) is 18.0 Å². The van der Waals surface area contributed by atoms with E-state index in [1.165, 1.54) is 12.3 Å². The molecular weight excluding hydrogens is 529 g/mol. The maximum Gasteiger partial charge on any atom is 0.411 e. The van der Waals surface area contributed by atoms with E-state index in [4.69, 9.17) is 14.5 Å². The van der Waals surface area contributed by atoms with Crippen LogP contribution in [-0.4, -0.2) is 32.3 Å². The average molecular weight is 562 g/mol. The summed E-state index contributed by atoms with van der Waals surface area (Å²) in [4.78, 5) is 42.8. The Balaban J connectivity index is 1.42. The summed E-state index contributed by atoms with van der Waals surface area (Å²) in [6.07, 6.45) is 5.18. The molecule has 0 fully saturated rings. The number of cyclic esters (lactones) is 1. The second-order valence-electron chi connectivity index (χ2n) is 11.8. The first-order chi connectivity index (χ1) is 19.4. The zero-order chi connectivity index (χ0) is 29.3. The van der Waals surface area contributed by atoms with Crippen LogP contribution in [0.1, 0.15) is 73.9 Å². The summed E-state index contributed by atoms with van der Waals surface area (Å²) < 4.78 is 27.5. The van der Waals surface area contributed by atoms with Crippen LogP contribution in [0.25, 0.3) is 22.3 Å². The van der Waals surface area contributed by atoms with Crippen LogP contribution in [0.2, 0.25) is 0 Å².